The summed E-state index contributed by atoms with van der Waals surface area (Å²) in [6.45, 7) is 3.76. The quantitative estimate of drug-likeness (QED) is 0.923. The predicted octanol–water partition coefficient (Wildman–Crippen LogP) is 1.99. The summed E-state index contributed by atoms with van der Waals surface area (Å²) in [4.78, 5) is 24.1. The molecule has 0 saturated carbocycles. The lowest BCUT2D eigenvalue weighted by atomic mass is 10.1. The van der Waals surface area contributed by atoms with Gasteiger partial charge in [0.15, 0.2) is 0 Å². The standard InChI is InChI=1S/C16H19FN4O/c1-11-9-12(17)3-4-13(11)16(22)21-8-7-20(2)14(10-21)15-18-5-6-19-15/h3-6,9,14H,7-8,10H2,1-2H3,(H,18,19)/t14-/m1/s1. The largest absolute Gasteiger partial charge is 0.347 e. The Morgan fingerprint density at radius 1 is 1.41 bits per heavy atom. The number of nitrogens with one attached hydrogen (secondary N) is 1. The van der Waals surface area contributed by atoms with Gasteiger partial charge in [0.25, 0.3) is 5.91 Å². The van der Waals surface area contributed by atoms with E-state index in [0.717, 1.165) is 12.4 Å². The highest BCUT2D eigenvalue weighted by molar-refractivity contribution is 5.95. The van der Waals surface area contributed by atoms with Crippen LogP contribution in [0.15, 0.2) is 30.6 Å². The van der Waals surface area contributed by atoms with Gasteiger partial charge in [-0.05, 0) is 37.7 Å². The first-order valence-corrected chi connectivity index (χ1v) is 7.31. The number of imidazole rings is 1. The number of aromatic amines is 1. The van der Waals surface area contributed by atoms with Crippen molar-refractivity contribution in [3.63, 3.8) is 0 Å². The number of carbonyl (C=O) groups excluding carboxylic acids is 1. The summed E-state index contributed by atoms with van der Waals surface area (Å²) < 4.78 is 13.2. The molecule has 0 bridgehead atoms. The van der Waals surface area contributed by atoms with E-state index in [2.05, 4.69) is 14.9 Å². The Morgan fingerprint density at radius 2 is 2.23 bits per heavy atom. The number of halogens is 1. The minimum atomic E-state index is -0.319. The van der Waals surface area contributed by atoms with E-state index in [1.165, 1.54) is 12.1 Å². The van der Waals surface area contributed by atoms with Crippen molar-refractivity contribution in [2.45, 2.75) is 13.0 Å². The molecule has 116 valence electrons. The molecule has 1 fully saturated rings. The first-order valence-electron chi connectivity index (χ1n) is 7.31. The molecule has 1 saturated heterocycles. The van der Waals surface area contributed by atoms with Crippen molar-refractivity contribution in [3.05, 3.63) is 53.4 Å². The maximum atomic E-state index is 13.2. The number of aromatic nitrogens is 2. The summed E-state index contributed by atoms with van der Waals surface area (Å²) in [6.07, 6.45) is 3.50. The molecule has 1 aliphatic heterocycles. The normalized spacial score (nSPS) is 19.4. The van der Waals surface area contributed by atoms with E-state index in [-0.39, 0.29) is 17.8 Å². The van der Waals surface area contributed by atoms with Crippen LogP contribution in [0.25, 0.3) is 0 Å². The number of hydrogen-bond acceptors (Lipinski definition) is 3. The van der Waals surface area contributed by atoms with Crippen molar-refractivity contribution in [1.29, 1.82) is 0 Å². The van der Waals surface area contributed by atoms with Crippen LogP contribution >= 0.6 is 0 Å². The number of piperazine rings is 1. The first kappa shape index (κ1) is 14.7. The molecular weight excluding hydrogens is 283 g/mol. The number of hydrogen-bond donors (Lipinski definition) is 1. The number of rotatable bonds is 2. The van der Waals surface area contributed by atoms with Gasteiger partial charge in [-0.1, -0.05) is 0 Å². The maximum Gasteiger partial charge on any atom is 0.254 e. The Morgan fingerprint density at radius 3 is 2.91 bits per heavy atom. The van der Waals surface area contributed by atoms with E-state index in [1.807, 2.05) is 11.9 Å². The molecule has 1 atom stereocenters. The fourth-order valence-corrected chi connectivity index (χ4v) is 2.85. The monoisotopic (exact) mass is 302 g/mol. The second kappa shape index (κ2) is 5.88. The van der Waals surface area contributed by atoms with Crippen LogP contribution in [0.3, 0.4) is 0 Å². The average Bonchev–Trinajstić information content (AvgIpc) is 3.01. The van der Waals surface area contributed by atoms with Gasteiger partial charge in [0.1, 0.15) is 11.6 Å². The molecule has 0 unspecified atom stereocenters. The van der Waals surface area contributed by atoms with Crippen LogP contribution in [-0.2, 0) is 0 Å². The van der Waals surface area contributed by atoms with Gasteiger partial charge in [-0.2, -0.15) is 0 Å². The molecule has 0 aliphatic carbocycles. The van der Waals surface area contributed by atoms with E-state index in [0.29, 0.717) is 24.2 Å². The van der Waals surface area contributed by atoms with E-state index in [4.69, 9.17) is 0 Å². The molecule has 6 heteroatoms. The van der Waals surface area contributed by atoms with Gasteiger partial charge in [-0.15, -0.1) is 0 Å². The molecule has 5 nitrogen and oxygen atoms in total. The number of likely N-dealkylation sites (N-methyl/N-ethyl adjacent to an activating group) is 1. The fourth-order valence-electron chi connectivity index (χ4n) is 2.85. The van der Waals surface area contributed by atoms with Crippen molar-refractivity contribution in [2.75, 3.05) is 26.7 Å². The Hall–Kier alpha value is -2.21. The van der Waals surface area contributed by atoms with Gasteiger partial charge >= 0.3 is 0 Å². The zero-order valence-electron chi connectivity index (χ0n) is 12.7. The second-order valence-electron chi connectivity index (χ2n) is 5.68. The molecule has 2 heterocycles. The summed E-state index contributed by atoms with van der Waals surface area (Å²) in [5, 5.41) is 0. The van der Waals surface area contributed by atoms with E-state index < -0.39 is 0 Å². The van der Waals surface area contributed by atoms with Crippen LogP contribution in [0.5, 0.6) is 0 Å². The number of benzene rings is 1. The lowest BCUT2D eigenvalue weighted by Gasteiger charge is -2.38. The SMILES string of the molecule is Cc1cc(F)ccc1C(=O)N1CCN(C)[C@@H](c2ncc[nH]2)C1. The van der Waals surface area contributed by atoms with Crippen LogP contribution < -0.4 is 0 Å². The zero-order chi connectivity index (χ0) is 15.7. The van der Waals surface area contributed by atoms with E-state index >= 15 is 0 Å². The van der Waals surface area contributed by atoms with Gasteiger partial charge in [-0.3, -0.25) is 9.69 Å². The van der Waals surface area contributed by atoms with Crippen molar-refractivity contribution >= 4 is 5.91 Å². The summed E-state index contributed by atoms with van der Waals surface area (Å²) >= 11 is 0. The lowest BCUT2D eigenvalue weighted by molar-refractivity contribution is 0.0533. The molecule has 2 aromatic rings. The van der Waals surface area contributed by atoms with Crippen molar-refractivity contribution in [1.82, 2.24) is 19.8 Å². The molecular formula is C16H19FN4O. The molecule has 1 aromatic carbocycles. The Labute approximate surface area is 128 Å². The van der Waals surface area contributed by atoms with Crippen LogP contribution in [0.1, 0.15) is 27.8 Å². The minimum absolute atomic E-state index is 0.0495. The minimum Gasteiger partial charge on any atom is -0.347 e. The third-order valence-corrected chi connectivity index (χ3v) is 4.19. The van der Waals surface area contributed by atoms with Gasteiger partial charge < -0.3 is 9.88 Å². The first-order chi connectivity index (χ1) is 10.6. The molecule has 1 N–H and O–H groups in total. The molecule has 1 amide bonds. The number of H-pyrrole nitrogens is 1. The van der Waals surface area contributed by atoms with Gasteiger partial charge in [-0.25, -0.2) is 9.37 Å². The molecule has 0 spiro atoms. The van der Waals surface area contributed by atoms with Crippen LogP contribution in [0, 0.1) is 12.7 Å². The predicted molar refractivity (Wildman–Crippen MR) is 81.0 cm³/mol. The van der Waals surface area contributed by atoms with Crippen molar-refractivity contribution in [2.24, 2.45) is 0 Å². The highest BCUT2D eigenvalue weighted by atomic mass is 19.1. The van der Waals surface area contributed by atoms with Crippen LogP contribution in [0.4, 0.5) is 4.39 Å². The molecule has 3 rings (SSSR count). The third kappa shape index (κ3) is 2.74. The molecule has 1 aromatic heterocycles. The summed E-state index contributed by atoms with van der Waals surface area (Å²) in [5.41, 5.74) is 1.22. The van der Waals surface area contributed by atoms with E-state index in [9.17, 15) is 9.18 Å². The van der Waals surface area contributed by atoms with Crippen molar-refractivity contribution in [3.8, 4) is 0 Å². The van der Waals surface area contributed by atoms with E-state index in [1.54, 1.807) is 25.4 Å². The Kier molecular flexibility index (Phi) is 3.94. The summed E-state index contributed by atoms with van der Waals surface area (Å²) in [7, 11) is 2.03. The van der Waals surface area contributed by atoms with Crippen LogP contribution in [-0.4, -0.2) is 52.4 Å². The second-order valence-corrected chi connectivity index (χ2v) is 5.68. The topological polar surface area (TPSA) is 52.2 Å². The zero-order valence-corrected chi connectivity index (χ0v) is 12.7. The molecule has 22 heavy (non-hydrogen) atoms. The summed E-state index contributed by atoms with van der Waals surface area (Å²) in [6, 6.07) is 4.34. The third-order valence-electron chi connectivity index (χ3n) is 4.19. The lowest BCUT2D eigenvalue weighted by Crippen LogP contribution is -2.49. The number of aryl methyl sites for hydroxylation is 1. The molecule has 0 radical (unpaired) electrons. The number of nitrogens with zero attached hydrogens (tertiary/aromatic N) is 3. The Bertz CT molecular complexity index is 671. The summed E-state index contributed by atoms with van der Waals surface area (Å²) in [5.74, 6) is 0.485. The van der Waals surface area contributed by atoms with Gasteiger partial charge in [0.2, 0.25) is 0 Å². The smallest absolute Gasteiger partial charge is 0.254 e. The molecule has 1 aliphatic rings. The maximum absolute atomic E-state index is 13.2. The van der Waals surface area contributed by atoms with Gasteiger partial charge in [0.05, 0.1) is 6.04 Å². The number of amides is 1. The average molecular weight is 302 g/mol. The Balaban J connectivity index is 1.81. The van der Waals surface area contributed by atoms with Crippen LogP contribution in [0.2, 0.25) is 0 Å². The number of carbonyl (C=O) groups is 1. The highest BCUT2D eigenvalue weighted by Gasteiger charge is 2.30. The van der Waals surface area contributed by atoms with Crippen molar-refractivity contribution < 1.29 is 9.18 Å². The fraction of sp³-hybridized carbons (Fsp3) is 0.375. The highest BCUT2D eigenvalue weighted by Crippen LogP contribution is 2.23. The van der Waals surface area contributed by atoms with Gasteiger partial charge in [0, 0.05) is 37.6 Å².